The largest absolute Gasteiger partial charge is 0.497 e. The van der Waals surface area contributed by atoms with Crippen LogP contribution in [0.25, 0.3) is 0 Å². The molecule has 1 atom stereocenters. The molecule has 1 rings (SSSR count). The molecule has 1 aromatic rings. The van der Waals surface area contributed by atoms with Crippen molar-refractivity contribution < 1.29 is 19.0 Å². The third kappa shape index (κ3) is 4.40. The van der Waals surface area contributed by atoms with Crippen LogP contribution in [0.4, 0.5) is 4.39 Å². The molecule has 0 saturated carbocycles. The Hall–Kier alpha value is -1.62. The molecule has 17 heavy (non-hydrogen) atoms. The van der Waals surface area contributed by atoms with Gasteiger partial charge in [-0.25, -0.2) is 4.39 Å². The number of rotatable bonds is 5. The van der Waals surface area contributed by atoms with Gasteiger partial charge in [0.1, 0.15) is 5.75 Å². The van der Waals surface area contributed by atoms with Gasteiger partial charge >= 0.3 is 0 Å². The van der Waals surface area contributed by atoms with E-state index in [2.05, 4.69) is 5.32 Å². The lowest BCUT2D eigenvalue weighted by atomic mass is 10.1. The van der Waals surface area contributed by atoms with Gasteiger partial charge in [0, 0.05) is 13.5 Å². The first-order valence-electron chi connectivity index (χ1n) is 5.26. The van der Waals surface area contributed by atoms with Crippen LogP contribution in [0.3, 0.4) is 0 Å². The molecule has 0 saturated heterocycles. The number of aliphatic hydroxyl groups is 1. The first kappa shape index (κ1) is 13.4. The SMILES string of the molecule is COc1ccc(CCNC(=O)[C@](C)(O)F)cc1. The summed E-state index contributed by atoms with van der Waals surface area (Å²) in [5.74, 6) is -3.09. The molecule has 0 bridgehead atoms. The fourth-order valence-electron chi connectivity index (χ4n) is 1.27. The van der Waals surface area contributed by atoms with E-state index < -0.39 is 11.8 Å². The van der Waals surface area contributed by atoms with Gasteiger partial charge in [-0.2, -0.15) is 0 Å². The van der Waals surface area contributed by atoms with E-state index in [-0.39, 0.29) is 6.54 Å². The molecule has 1 aromatic carbocycles. The number of hydrogen-bond acceptors (Lipinski definition) is 3. The minimum atomic E-state index is -2.82. The summed E-state index contributed by atoms with van der Waals surface area (Å²) < 4.78 is 17.7. The molecule has 2 N–H and O–H groups in total. The van der Waals surface area contributed by atoms with Gasteiger partial charge in [0.15, 0.2) is 0 Å². The van der Waals surface area contributed by atoms with Crippen molar-refractivity contribution in [1.29, 1.82) is 0 Å². The van der Waals surface area contributed by atoms with E-state index in [4.69, 9.17) is 9.84 Å². The summed E-state index contributed by atoms with van der Waals surface area (Å²) in [5, 5.41) is 11.1. The van der Waals surface area contributed by atoms with Crippen LogP contribution < -0.4 is 10.1 Å². The average Bonchev–Trinajstić information content (AvgIpc) is 2.28. The van der Waals surface area contributed by atoms with Gasteiger partial charge < -0.3 is 15.2 Å². The van der Waals surface area contributed by atoms with Gasteiger partial charge in [-0.15, -0.1) is 0 Å². The monoisotopic (exact) mass is 241 g/mol. The Bertz CT molecular complexity index is 370. The van der Waals surface area contributed by atoms with Crippen molar-refractivity contribution in [2.75, 3.05) is 13.7 Å². The maximum atomic E-state index is 12.7. The number of alkyl halides is 1. The molecular formula is C12H16FNO3. The number of ether oxygens (including phenoxy) is 1. The summed E-state index contributed by atoms with van der Waals surface area (Å²) in [6, 6.07) is 7.34. The predicted octanol–water partition coefficient (Wildman–Crippen LogP) is 1.03. The summed E-state index contributed by atoms with van der Waals surface area (Å²) >= 11 is 0. The molecule has 0 fully saturated rings. The quantitative estimate of drug-likeness (QED) is 0.809. The lowest BCUT2D eigenvalue weighted by Gasteiger charge is -2.12. The highest BCUT2D eigenvalue weighted by atomic mass is 19.2. The molecule has 0 heterocycles. The Balaban J connectivity index is 2.38. The zero-order valence-electron chi connectivity index (χ0n) is 9.87. The Labute approximate surface area is 99.4 Å². The Morgan fingerprint density at radius 3 is 2.53 bits per heavy atom. The molecule has 0 aromatic heterocycles. The van der Waals surface area contributed by atoms with Gasteiger partial charge in [-0.3, -0.25) is 4.79 Å². The minimum Gasteiger partial charge on any atom is -0.497 e. The smallest absolute Gasteiger partial charge is 0.284 e. The molecule has 0 aliphatic heterocycles. The van der Waals surface area contributed by atoms with Gasteiger partial charge in [0.2, 0.25) is 0 Å². The van der Waals surface area contributed by atoms with Crippen molar-refractivity contribution in [3.05, 3.63) is 29.8 Å². The minimum absolute atomic E-state index is 0.269. The van der Waals surface area contributed by atoms with Crippen LogP contribution in [0.5, 0.6) is 5.75 Å². The van der Waals surface area contributed by atoms with Gasteiger partial charge in [0.05, 0.1) is 7.11 Å². The van der Waals surface area contributed by atoms with Gasteiger partial charge in [0.25, 0.3) is 11.8 Å². The molecule has 0 aliphatic rings. The van der Waals surface area contributed by atoms with E-state index in [0.717, 1.165) is 18.2 Å². The topological polar surface area (TPSA) is 58.6 Å². The van der Waals surface area contributed by atoms with Crippen LogP contribution in [0.1, 0.15) is 12.5 Å². The number of benzene rings is 1. The standard InChI is InChI=1S/C12H16FNO3/c1-12(13,16)11(15)14-8-7-9-3-5-10(17-2)6-4-9/h3-6,16H,7-8H2,1-2H3,(H,14,15)/t12-/m0/s1. The summed E-state index contributed by atoms with van der Waals surface area (Å²) in [6.07, 6.45) is 0.561. The lowest BCUT2D eigenvalue weighted by Crippen LogP contribution is -2.41. The summed E-state index contributed by atoms with van der Waals surface area (Å²) in [7, 11) is 1.58. The summed E-state index contributed by atoms with van der Waals surface area (Å²) in [5.41, 5.74) is 0.990. The van der Waals surface area contributed by atoms with E-state index in [1.807, 2.05) is 24.3 Å². The Morgan fingerprint density at radius 1 is 1.47 bits per heavy atom. The Kier molecular flexibility index (Phi) is 4.45. The van der Waals surface area contributed by atoms with E-state index in [1.165, 1.54) is 0 Å². The molecule has 94 valence electrons. The number of carbonyl (C=O) groups excluding carboxylic acids is 1. The van der Waals surface area contributed by atoms with Crippen molar-refractivity contribution in [1.82, 2.24) is 5.32 Å². The Morgan fingerprint density at radius 2 is 2.06 bits per heavy atom. The van der Waals surface area contributed by atoms with Crippen molar-refractivity contribution >= 4 is 5.91 Å². The first-order chi connectivity index (χ1) is 7.93. The highest BCUT2D eigenvalue weighted by Crippen LogP contribution is 2.11. The van der Waals surface area contributed by atoms with Crippen LogP contribution >= 0.6 is 0 Å². The highest BCUT2D eigenvalue weighted by molar-refractivity contribution is 5.82. The molecule has 4 nitrogen and oxygen atoms in total. The molecule has 0 radical (unpaired) electrons. The normalized spacial score (nSPS) is 13.9. The number of carbonyl (C=O) groups is 1. The zero-order valence-corrected chi connectivity index (χ0v) is 9.87. The third-order valence-corrected chi connectivity index (χ3v) is 2.27. The number of nitrogens with one attached hydrogen (secondary N) is 1. The van der Waals surface area contributed by atoms with Crippen molar-refractivity contribution in [2.45, 2.75) is 19.2 Å². The summed E-state index contributed by atoms with van der Waals surface area (Å²) in [6.45, 7) is 1.07. The second-order valence-electron chi connectivity index (χ2n) is 3.81. The first-order valence-corrected chi connectivity index (χ1v) is 5.26. The maximum Gasteiger partial charge on any atom is 0.284 e. The predicted molar refractivity (Wildman–Crippen MR) is 61.4 cm³/mol. The number of methoxy groups -OCH3 is 1. The molecular weight excluding hydrogens is 225 g/mol. The second-order valence-corrected chi connectivity index (χ2v) is 3.81. The van der Waals surface area contributed by atoms with Crippen molar-refractivity contribution in [2.24, 2.45) is 0 Å². The maximum absolute atomic E-state index is 12.7. The number of halogens is 1. The molecule has 1 amide bonds. The second kappa shape index (κ2) is 5.63. The molecule has 0 unspecified atom stereocenters. The molecule has 0 spiro atoms. The highest BCUT2D eigenvalue weighted by Gasteiger charge is 2.28. The molecule has 0 aliphatic carbocycles. The van der Waals surface area contributed by atoms with Gasteiger partial charge in [-0.05, 0) is 24.1 Å². The fraction of sp³-hybridized carbons (Fsp3) is 0.417. The van der Waals surface area contributed by atoms with E-state index in [9.17, 15) is 9.18 Å². The van der Waals surface area contributed by atoms with Crippen LogP contribution in [-0.4, -0.2) is 30.5 Å². The van der Waals surface area contributed by atoms with Crippen molar-refractivity contribution in [3.8, 4) is 5.75 Å². The lowest BCUT2D eigenvalue weighted by molar-refractivity contribution is -0.156. The third-order valence-electron chi connectivity index (χ3n) is 2.27. The number of amides is 1. The van der Waals surface area contributed by atoms with Gasteiger partial charge in [-0.1, -0.05) is 12.1 Å². The van der Waals surface area contributed by atoms with Crippen molar-refractivity contribution in [3.63, 3.8) is 0 Å². The summed E-state index contributed by atoms with van der Waals surface area (Å²) in [4.78, 5) is 11.0. The van der Waals surface area contributed by atoms with Crippen LogP contribution in [0, 0.1) is 0 Å². The average molecular weight is 241 g/mol. The van der Waals surface area contributed by atoms with Crippen LogP contribution in [0.2, 0.25) is 0 Å². The number of hydrogen-bond donors (Lipinski definition) is 2. The molecule has 5 heteroatoms. The fourth-order valence-corrected chi connectivity index (χ4v) is 1.27. The van der Waals surface area contributed by atoms with Crippen LogP contribution in [-0.2, 0) is 11.2 Å². The van der Waals surface area contributed by atoms with E-state index in [0.29, 0.717) is 6.42 Å². The van der Waals surface area contributed by atoms with Crippen LogP contribution in [0.15, 0.2) is 24.3 Å². The van der Waals surface area contributed by atoms with E-state index >= 15 is 0 Å². The van der Waals surface area contributed by atoms with E-state index in [1.54, 1.807) is 7.11 Å². The zero-order chi connectivity index (χ0) is 12.9.